The van der Waals surface area contributed by atoms with Gasteiger partial charge in [-0.2, -0.15) is 5.10 Å². The Morgan fingerprint density at radius 3 is 2.84 bits per heavy atom. The topological polar surface area (TPSA) is 80.1 Å². The maximum Gasteiger partial charge on any atom is 0.266 e. The van der Waals surface area contributed by atoms with Crippen LogP contribution in [0.2, 0.25) is 0 Å². The lowest BCUT2D eigenvalue weighted by atomic mass is 10.0. The van der Waals surface area contributed by atoms with E-state index < -0.39 is 0 Å². The fourth-order valence-electron chi connectivity index (χ4n) is 3.19. The lowest BCUT2D eigenvalue weighted by molar-refractivity contribution is 0.0953. The normalized spacial score (nSPS) is 17.6. The quantitative estimate of drug-likeness (QED) is 0.895. The van der Waals surface area contributed by atoms with Crippen LogP contribution in [0.25, 0.3) is 0 Å². The number of nitrogens with zero attached hydrogens (tertiary/aromatic N) is 4. The maximum absolute atomic E-state index is 12.4. The van der Waals surface area contributed by atoms with E-state index in [-0.39, 0.29) is 17.5 Å². The molecule has 1 aliphatic heterocycles. The van der Waals surface area contributed by atoms with Gasteiger partial charge in [0.2, 0.25) is 0 Å². The van der Waals surface area contributed by atoms with Gasteiger partial charge in [0, 0.05) is 32.2 Å². The first-order chi connectivity index (χ1) is 12.0. The van der Waals surface area contributed by atoms with E-state index in [1.807, 2.05) is 13.8 Å². The number of rotatable bonds is 4. The predicted octanol–water partition coefficient (Wildman–Crippen LogP) is 1.64. The van der Waals surface area contributed by atoms with Gasteiger partial charge in [-0.15, -0.1) is 11.3 Å². The standard InChI is InChI=1S/C17H23N5O2S/c1-11-16(25-12(2)19-11)17(24)18-10-13-6-4-5-9-22(13)14-7-8-15(23)21(3)20-14/h7-8,13H,4-6,9-10H2,1-3H3,(H,18,24). The van der Waals surface area contributed by atoms with E-state index in [1.54, 1.807) is 13.1 Å². The van der Waals surface area contributed by atoms with E-state index in [0.717, 1.165) is 42.3 Å². The molecule has 3 heterocycles. The molecule has 1 fully saturated rings. The lowest BCUT2D eigenvalue weighted by Gasteiger charge is -2.36. The zero-order valence-electron chi connectivity index (χ0n) is 14.8. The fourth-order valence-corrected chi connectivity index (χ4v) is 4.03. The van der Waals surface area contributed by atoms with E-state index >= 15 is 0 Å². The number of hydrogen-bond donors (Lipinski definition) is 1. The summed E-state index contributed by atoms with van der Waals surface area (Å²) >= 11 is 1.42. The minimum atomic E-state index is -0.123. The van der Waals surface area contributed by atoms with Crippen LogP contribution in [0.1, 0.15) is 39.6 Å². The molecule has 0 saturated carbocycles. The number of anilines is 1. The smallest absolute Gasteiger partial charge is 0.266 e. The van der Waals surface area contributed by atoms with Gasteiger partial charge in [-0.25, -0.2) is 9.67 Å². The Labute approximate surface area is 150 Å². The molecular formula is C17H23N5O2S. The van der Waals surface area contributed by atoms with Crippen molar-refractivity contribution >= 4 is 23.1 Å². The van der Waals surface area contributed by atoms with Crippen LogP contribution < -0.4 is 15.8 Å². The highest BCUT2D eigenvalue weighted by atomic mass is 32.1. The average molecular weight is 361 g/mol. The van der Waals surface area contributed by atoms with E-state index in [1.165, 1.54) is 22.1 Å². The van der Waals surface area contributed by atoms with Crippen LogP contribution in [0.5, 0.6) is 0 Å². The monoisotopic (exact) mass is 361 g/mol. The van der Waals surface area contributed by atoms with Crippen molar-refractivity contribution in [2.45, 2.75) is 39.2 Å². The number of carbonyl (C=O) groups is 1. The zero-order valence-corrected chi connectivity index (χ0v) is 15.6. The molecule has 2 aromatic rings. The molecule has 134 valence electrons. The molecular weight excluding hydrogens is 338 g/mol. The van der Waals surface area contributed by atoms with Crippen molar-refractivity contribution in [3.05, 3.63) is 38.1 Å². The number of aromatic nitrogens is 3. The van der Waals surface area contributed by atoms with Gasteiger partial charge >= 0.3 is 0 Å². The Balaban J connectivity index is 1.71. The second kappa shape index (κ2) is 7.35. The van der Waals surface area contributed by atoms with Crippen molar-refractivity contribution in [2.24, 2.45) is 7.05 Å². The van der Waals surface area contributed by atoms with E-state index in [0.29, 0.717) is 11.4 Å². The van der Waals surface area contributed by atoms with E-state index in [2.05, 4.69) is 20.3 Å². The molecule has 1 aliphatic rings. The Hall–Kier alpha value is -2.22. The molecule has 3 rings (SSSR count). The second-order valence-corrected chi connectivity index (χ2v) is 7.56. The molecule has 1 unspecified atom stereocenters. The van der Waals surface area contributed by atoms with Gasteiger partial charge in [-0.1, -0.05) is 0 Å². The Morgan fingerprint density at radius 1 is 1.36 bits per heavy atom. The third kappa shape index (κ3) is 3.89. The van der Waals surface area contributed by atoms with E-state index in [9.17, 15) is 9.59 Å². The zero-order chi connectivity index (χ0) is 18.0. The van der Waals surface area contributed by atoms with Gasteiger partial charge in [-0.3, -0.25) is 9.59 Å². The first kappa shape index (κ1) is 17.6. The Bertz CT molecular complexity index is 829. The molecule has 0 aromatic carbocycles. The highest BCUT2D eigenvalue weighted by molar-refractivity contribution is 7.13. The number of aryl methyl sites for hydroxylation is 3. The fraction of sp³-hybridized carbons (Fsp3) is 0.529. The summed E-state index contributed by atoms with van der Waals surface area (Å²) in [6.45, 7) is 5.20. The van der Waals surface area contributed by atoms with Crippen LogP contribution in [-0.2, 0) is 7.05 Å². The molecule has 2 aromatic heterocycles. The summed E-state index contributed by atoms with van der Waals surface area (Å²) < 4.78 is 1.35. The molecule has 0 aliphatic carbocycles. The van der Waals surface area contributed by atoms with Crippen LogP contribution in [0.15, 0.2) is 16.9 Å². The Morgan fingerprint density at radius 2 is 2.16 bits per heavy atom. The van der Waals surface area contributed by atoms with Crippen LogP contribution in [0.3, 0.4) is 0 Å². The van der Waals surface area contributed by atoms with Crippen LogP contribution in [-0.4, -0.2) is 39.8 Å². The van der Waals surface area contributed by atoms with Crippen LogP contribution >= 0.6 is 11.3 Å². The van der Waals surface area contributed by atoms with Crippen LogP contribution in [0.4, 0.5) is 5.82 Å². The average Bonchev–Trinajstić information content (AvgIpc) is 2.94. The van der Waals surface area contributed by atoms with Crippen molar-refractivity contribution in [1.29, 1.82) is 0 Å². The molecule has 1 amide bonds. The summed E-state index contributed by atoms with van der Waals surface area (Å²) in [4.78, 5) is 31.2. The minimum Gasteiger partial charge on any atom is -0.350 e. The highest BCUT2D eigenvalue weighted by Crippen LogP contribution is 2.22. The minimum absolute atomic E-state index is 0.0676. The summed E-state index contributed by atoms with van der Waals surface area (Å²) in [7, 11) is 1.65. The molecule has 25 heavy (non-hydrogen) atoms. The first-order valence-electron chi connectivity index (χ1n) is 8.49. The number of carbonyl (C=O) groups excluding carboxylic acids is 1. The van der Waals surface area contributed by atoms with Crippen molar-refractivity contribution in [3.63, 3.8) is 0 Å². The summed E-state index contributed by atoms with van der Waals surface area (Å²) in [6.07, 6.45) is 3.20. The molecule has 0 spiro atoms. The van der Waals surface area contributed by atoms with E-state index in [4.69, 9.17) is 0 Å². The third-order valence-electron chi connectivity index (χ3n) is 4.48. The number of amides is 1. The molecule has 1 saturated heterocycles. The first-order valence-corrected chi connectivity index (χ1v) is 9.30. The van der Waals surface area contributed by atoms with Crippen molar-refractivity contribution in [3.8, 4) is 0 Å². The molecule has 1 atom stereocenters. The number of hydrogen-bond acceptors (Lipinski definition) is 6. The molecule has 1 N–H and O–H groups in total. The summed E-state index contributed by atoms with van der Waals surface area (Å²) in [5.74, 6) is 0.716. The third-order valence-corrected chi connectivity index (χ3v) is 5.55. The highest BCUT2D eigenvalue weighted by Gasteiger charge is 2.25. The van der Waals surface area contributed by atoms with Crippen LogP contribution in [0, 0.1) is 13.8 Å². The molecule has 8 heteroatoms. The maximum atomic E-state index is 12.4. The largest absolute Gasteiger partial charge is 0.350 e. The Kier molecular flexibility index (Phi) is 5.17. The molecule has 0 radical (unpaired) electrons. The van der Waals surface area contributed by atoms with Gasteiger partial charge in [0.15, 0.2) is 0 Å². The van der Waals surface area contributed by atoms with Crippen molar-refractivity contribution < 1.29 is 4.79 Å². The van der Waals surface area contributed by atoms with Gasteiger partial charge in [0.05, 0.1) is 10.7 Å². The molecule has 0 bridgehead atoms. The van der Waals surface area contributed by atoms with Crippen molar-refractivity contribution in [2.75, 3.05) is 18.0 Å². The SMILES string of the molecule is Cc1nc(C)c(C(=O)NCC2CCCCN2c2ccc(=O)n(C)n2)s1. The summed E-state index contributed by atoms with van der Waals surface area (Å²) in [5, 5.41) is 8.30. The lowest BCUT2D eigenvalue weighted by Crippen LogP contribution is -2.47. The van der Waals surface area contributed by atoms with Gasteiger partial charge in [0.25, 0.3) is 11.5 Å². The van der Waals surface area contributed by atoms with Gasteiger partial charge < -0.3 is 10.2 Å². The summed E-state index contributed by atoms with van der Waals surface area (Å²) in [6, 6.07) is 3.48. The van der Waals surface area contributed by atoms with Gasteiger partial charge in [-0.05, 0) is 39.2 Å². The summed E-state index contributed by atoms with van der Waals surface area (Å²) in [5.41, 5.74) is 0.655. The number of thiazole rings is 1. The molecule has 7 nitrogen and oxygen atoms in total. The number of piperidine rings is 1. The van der Waals surface area contributed by atoms with Gasteiger partial charge in [0.1, 0.15) is 10.7 Å². The van der Waals surface area contributed by atoms with Crippen molar-refractivity contribution in [1.82, 2.24) is 20.1 Å². The number of nitrogens with one attached hydrogen (secondary N) is 1. The predicted molar refractivity (Wildman–Crippen MR) is 98.4 cm³/mol. The second-order valence-electron chi connectivity index (χ2n) is 6.35.